The molecule has 1 aromatic rings. The van der Waals surface area contributed by atoms with Crippen LogP contribution in [0.5, 0.6) is 0 Å². The molecule has 0 aliphatic carbocycles. The normalized spacial score (nSPS) is 13.4. The van der Waals surface area contributed by atoms with E-state index in [1.807, 2.05) is 0 Å². The molecule has 0 saturated carbocycles. The highest BCUT2D eigenvalue weighted by Gasteiger charge is 2.25. The molecule has 0 heterocycles. The molecule has 0 radical (unpaired) electrons. The molecule has 0 spiro atoms. The Morgan fingerprint density at radius 1 is 1.47 bits per heavy atom. The second-order valence-electron chi connectivity index (χ2n) is 3.54. The molecule has 1 atom stereocenters. The van der Waals surface area contributed by atoms with Gasteiger partial charge in [0.2, 0.25) is 9.05 Å². The largest absolute Gasteiger partial charge is 0.274 e. The van der Waals surface area contributed by atoms with Gasteiger partial charge in [0.15, 0.2) is 0 Å². The molecule has 0 aliphatic rings. The fraction of sp³-hybridized carbons (Fsp3) is 0.333. The maximum Gasteiger partial charge on any atom is 0.274 e. The lowest BCUT2D eigenvalue weighted by Gasteiger charge is -2.11. The molecule has 0 N–H and O–H groups in total. The summed E-state index contributed by atoms with van der Waals surface area (Å²) in [7, 11) is 1.38. The summed E-state index contributed by atoms with van der Waals surface area (Å²) in [4.78, 5) is 10.2. The van der Waals surface area contributed by atoms with Gasteiger partial charge in [0, 0.05) is 22.7 Å². The molecule has 1 unspecified atom stereocenters. The Morgan fingerprint density at radius 2 is 2.06 bits per heavy atom. The molecule has 1 rings (SSSR count). The van der Waals surface area contributed by atoms with Crippen molar-refractivity contribution in [3.05, 3.63) is 38.9 Å². The topological polar surface area (TPSA) is 77.3 Å². The van der Waals surface area contributed by atoms with Crippen LogP contribution in [0.25, 0.3) is 0 Å². The van der Waals surface area contributed by atoms with Gasteiger partial charge in [0.05, 0.1) is 21.3 Å². The minimum atomic E-state index is -3.74. The van der Waals surface area contributed by atoms with Gasteiger partial charge in [-0.2, -0.15) is 0 Å². The fourth-order valence-electron chi connectivity index (χ4n) is 1.55. The first-order chi connectivity index (χ1) is 7.72. The van der Waals surface area contributed by atoms with Crippen LogP contribution in [-0.2, 0) is 9.05 Å². The maximum absolute atomic E-state index is 11.0. The standard InChI is InChI=1S/C9H9Cl2NO4S/c1-6(5-17(11,15)16)9-7(10)3-2-4-8(9)12(13)14/h2-4,6H,5H2,1H3. The molecular weight excluding hydrogens is 289 g/mol. The zero-order chi connectivity index (χ0) is 13.2. The van der Waals surface area contributed by atoms with Crippen LogP contribution >= 0.6 is 22.3 Å². The van der Waals surface area contributed by atoms with E-state index in [1.165, 1.54) is 25.1 Å². The number of nitrogens with zero attached hydrogens (tertiary/aromatic N) is 1. The van der Waals surface area contributed by atoms with Crippen molar-refractivity contribution in [2.24, 2.45) is 0 Å². The highest BCUT2D eigenvalue weighted by atomic mass is 35.7. The van der Waals surface area contributed by atoms with Crippen molar-refractivity contribution < 1.29 is 13.3 Å². The molecule has 0 aliphatic heterocycles. The van der Waals surface area contributed by atoms with Crippen molar-refractivity contribution in [1.82, 2.24) is 0 Å². The Kier molecular flexibility index (Phi) is 4.35. The van der Waals surface area contributed by atoms with Crippen LogP contribution in [0.1, 0.15) is 18.4 Å². The average Bonchev–Trinajstić information content (AvgIpc) is 2.13. The van der Waals surface area contributed by atoms with Crippen molar-refractivity contribution in [3.8, 4) is 0 Å². The highest BCUT2D eigenvalue weighted by molar-refractivity contribution is 8.13. The number of nitro benzene ring substituents is 1. The van der Waals surface area contributed by atoms with Crippen molar-refractivity contribution in [2.45, 2.75) is 12.8 Å². The van der Waals surface area contributed by atoms with Crippen LogP contribution in [0.2, 0.25) is 5.02 Å². The Labute approximate surface area is 108 Å². The van der Waals surface area contributed by atoms with Gasteiger partial charge >= 0.3 is 0 Å². The van der Waals surface area contributed by atoms with E-state index in [2.05, 4.69) is 0 Å². The molecule has 0 amide bonds. The van der Waals surface area contributed by atoms with Gasteiger partial charge in [0.1, 0.15) is 0 Å². The molecule has 0 bridgehead atoms. The number of hydrogen-bond acceptors (Lipinski definition) is 4. The molecule has 1 aromatic carbocycles. The number of benzene rings is 1. The summed E-state index contributed by atoms with van der Waals surface area (Å²) in [6.45, 7) is 1.52. The summed E-state index contributed by atoms with van der Waals surface area (Å²) in [5.41, 5.74) is -0.0197. The first-order valence-corrected chi connectivity index (χ1v) is 7.43. The van der Waals surface area contributed by atoms with Gasteiger partial charge in [-0.1, -0.05) is 24.6 Å². The molecule has 94 valence electrons. The molecule has 5 nitrogen and oxygen atoms in total. The molecule has 0 fully saturated rings. The summed E-state index contributed by atoms with van der Waals surface area (Å²) in [6.07, 6.45) is 0. The van der Waals surface area contributed by atoms with Crippen molar-refractivity contribution in [1.29, 1.82) is 0 Å². The van der Waals surface area contributed by atoms with Crippen molar-refractivity contribution in [2.75, 3.05) is 5.75 Å². The summed E-state index contributed by atoms with van der Waals surface area (Å²) in [5, 5.41) is 11.0. The number of hydrogen-bond donors (Lipinski definition) is 0. The predicted molar refractivity (Wildman–Crippen MR) is 66.2 cm³/mol. The minimum absolute atomic E-state index is 0.159. The van der Waals surface area contributed by atoms with Crippen LogP contribution in [0.4, 0.5) is 5.69 Å². The lowest BCUT2D eigenvalue weighted by atomic mass is 10.0. The van der Waals surface area contributed by atoms with Crippen LogP contribution in [0, 0.1) is 10.1 Å². The Bertz CT molecular complexity index is 544. The zero-order valence-corrected chi connectivity index (χ0v) is 11.1. The Hall–Kier alpha value is -0.850. The van der Waals surface area contributed by atoms with Crippen LogP contribution in [0.3, 0.4) is 0 Å². The van der Waals surface area contributed by atoms with Gasteiger partial charge in [-0.15, -0.1) is 0 Å². The number of rotatable bonds is 4. The lowest BCUT2D eigenvalue weighted by Crippen LogP contribution is -2.09. The van der Waals surface area contributed by atoms with Crippen LogP contribution < -0.4 is 0 Å². The summed E-state index contributed by atoms with van der Waals surface area (Å²) >= 11 is 5.85. The first-order valence-electron chi connectivity index (χ1n) is 4.57. The lowest BCUT2D eigenvalue weighted by molar-refractivity contribution is -0.385. The van der Waals surface area contributed by atoms with Crippen LogP contribution in [0.15, 0.2) is 18.2 Å². The van der Waals surface area contributed by atoms with E-state index in [-0.39, 0.29) is 16.3 Å². The van der Waals surface area contributed by atoms with Crippen LogP contribution in [-0.4, -0.2) is 19.1 Å². The third-order valence-corrected chi connectivity index (χ3v) is 3.77. The molecule has 8 heteroatoms. The van der Waals surface area contributed by atoms with Gasteiger partial charge in [-0.25, -0.2) is 8.42 Å². The smallest absolute Gasteiger partial charge is 0.258 e. The van der Waals surface area contributed by atoms with Crippen molar-refractivity contribution >= 4 is 37.0 Å². The van der Waals surface area contributed by atoms with Gasteiger partial charge in [-0.3, -0.25) is 10.1 Å². The van der Waals surface area contributed by atoms with E-state index < -0.39 is 25.6 Å². The van der Waals surface area contributed by atoms with Gasteiger partial charge in [0.25, 0.3) is 5.69 Å². The van der Waals surface area contributed by atoms with E-state index >= 15 is 0 Å². The predicted octanol–water partition coefficient (Wildman–Crippen LogP) is 2.92. The van der Waals surface area contributed by atoms with Gasteiger partial charge in [-0.05, 0) is 6.07 Å². The van der Waals surface area contributed by atoms with E-state index in [0.717, 1.165) is 0 Å². The SMILES string of the molecule is CC(CS(=O)(=O)Cl)c1c(Cl)cccc1[N+](=O)[O-]. The first kappa shape index (κ1) is 14.2. The fourth-order valence-corrected chi connectivity index (χ4v) is 3.24. The number of nitro groups is 1. The van der Waals surface area contributed by atoms with E-state index in [9.17, 15) is 18.5 Å². The maximum atomic E-state index is 11.0. The average molecular weight is 298 g/mol. The molecular formula is C9H9Cl2NO4S. The Morgan fingerprint density at radius 3 is 2.53 bits per heavy atom. The highest BCUT2D eigenvalue weighted by Crippen LogP contribution is 2.34. The summed E-state index contributed by atoms with van der Waals surface area (Å²) in [5.74, 6) is -1.05. The molecule has 17 heavy (non-hydrogen) atoms. The minimum Gasteiger partial charge on any atom is -0.258 e. The number of halogens is 2. The second kappa shape index (κ2) is 5.20. The quantitative estimate of drug-likeness (QED) is 0.486. The molecule has 0 saturated heterocycles. The van der Waals surface area contributed by atoms with E-state index in [0.29, 0.717) is 0 Å². The Balaban J connectivity index is 3.25. The monoisotopic (exact) mass is 297 g/mol. The summed E-state index contributed by atoms with van der Waals surface area (Å²) in [6, 6.07) is 4.19. The zero-order valence-electron chi connectivity index (χ0n) is 8.76. The van der Waals surface area contributed by atoms with E-state index in [4.69, 9.17) is 22.3 Å². The summed E-state index contributed by atoms with van der Waals surface area (Å²) < 4.78 is 21.9. The van der Waals surface area contributed by atoms with Gasteiger partial charge < -0.3 is 0 Å². The third-order valence-electron chi connectivity index (χ3n) is 2.17. The van der Waals surface area contributed by atoms with E-state index in [1.54, 1.807) is 0 Å². The molecule has 0 aromatic heterocycles. The second-order valence-corrected chi connectivity index (χ2v) is 6.77. The third kappa shape index (κ3) is 3.83. The van der Waals surface area contributed by atoms with Crippen molar-refractivity contribution in [3.63, 3.8) is 0 Å².